The molecule has 1 unspecified atom stereocenters. The van der Waals surface area contributed by atoms with Crippen molar-refractivity contribution in [3.8, 4) is 5.69 Å². The standard InChI is InChI=1S/C14H13Cl2N5O/c1-7-18-13-8(6-20(7)2)12(17)21(14(22)19-13)11-9(15)4-3-5-10(11)16/h3-7,17H,1-2H3,(H,18,19,22). The van der Waals surface area contributed by atoms with Crippen molar-refractivity contribution in [1.29, 1.82) is 5.41 Å². The molecule has 0 spiro atoms. The van der Waals surface area contributed by atoms with Gasteiger partial charge < -0.3 is 4.90 Å². The molecule has 1 aliphatic heterocycles. The molecule has 0 fully saturated rings. The van der Waals surface area contributed by atoms with E-state index in [0.29, 0.717) is 20.8 Å². The van der Waals surface area contributed by atoms with Crippen LogP contribution in [-0.4, -0.2) is 27.7 Å². The molecular formula is C14H13Cl2N5O. The van der Waals surface area contributed by atoms with Gasteiger partial charge in [-0.25, -0.2) is 14.4 Å². The van der Waals surface area contributed by atoms with Gasteiger partial charge in [-0.1, -0.05) is 29.3 Å². The lowest BCUT2D eigenvalue weighted by atomic mass is 10.3. The minimum absolute atomic E-state index is 0.0174. The van der Waals surface area contributed by atoms with Crippen molar-refractivity contribution >= 4 is 29.4 Å². The summed E-state index contributed by atoms with van der Waals surface area (Å²) in [4.78, 5) is 21.3. The number of para-hydroxylation sites is 1. The summed E-state index contributed by atoms with van der Waals surface area (Å²) in [6, 6.07) is 4.93. The van der Waals surface area contributed by atoms with E-state index < -0.39 is 5.69 Å². The molecule has 22 heavy (non-hydrogen) atoms. The summed E-state index contributed by atoms with van der Waals surface area (Å²) < 4.78 is 1.15. The summed E-state index contributed by atoms with van der Waals surface area (Å²) in [6.07, 6.45) is 1.66. The average molecular weight is 338 g/mol. The van der Waals surface area contributed by atoms with Crippen LogP contribution < -0.4 is 21.9 Å². The van der Waals surface area contributed by atoms with Gasteiger partial charge in [0, 0.05) is 13.2 Å². The molecule has 1 aliphatic rings. The lowest BCUT2D eigenvalue weighted by molar-refractivity contribution is 0.376. The number of hydrogen-bond donors (Lipinski definition) is 2. The lowest BCUT2D eigenvalue weighted by Crippen LogP contribution is -2.56. The molecule has 0 saturated carbocycles. The molecule has 114 valence electrons. The van der Waals surface area contributed by atoms with Crippen LogP contribution >= 0.6 is 23.2 Å². The first-order valence-electron chi connectivity index (χ1n) is 6.56. The third-order valence-electron chi connectivity index (χ3n) is 3.56. The molecule has 1 aromatic carbocycles. The van der Waals surface area contributed by atoms with Crippen LogP contribution in [-0.2, 0) is 0 Å². The summed E-state index contributed by atoms with van der Waals surface area (Å²) in [5, 5.41) is 9.46. The maximum atomic E-state index is 12.4. The predicted octanol–water partition coefficient (Wildman–Crippen LogP) is 0.601. The first kappa shape index (κ1) is 14.9. The van der Waals surface area contributed by atoms with Gasteiger partial charge in [-0.05, 0) is 19.1 Å². The number of fused-ring (bicyclic) bond motifs is 1. The normalized spacial score (nSPS) is 16.7. The van der Waals surface area contributed by atoms with Crippen LogP contribution in [0.4, 0.5) is 0 Å². The van der Waals surface area contributed by atoms with Crippen molar-refractivity contribution in [1.82, 2.24) is 14.5 Å². The van der Waals surface area contributed by atoms with E-state index in [-0.39, 0.29) is 17.3 Å². The summed E-state index contributed by atoms with van der Waals surface area (Å²) in [5.74, 6) is 0. The molecule has 0 amide bonds. The van der Waals surface area contributed by atoms with Crippen molar-refractivity contribution in [3.63, 3.8) is 0 Å². The largest absolute Gasteiger partial charge is 0.358 e. The zero-order valence-electron chi connectivity index (χ0n) is 11.9. The van der Waals surface area contributed by atoms with Crippen LogP contribution in [0.3, 0.4) is 0 Å². The molecule has 0 saturated heterocycles. The summed E-state index contributed by atoms with van der Waals surface area (Å²) >= 11 is 12.3. The highest BCUT2D eigenvalue weighted by atomic mass is 35.5. The van der Waals surface area contributed by atoms with Gasteiger partial charge in [0.25, 0.3) is 0 Å². The Labute approximate surface area is 135 Å². The van der Waals surface area contributed by atoms with Gasteiger partial charge in [0.2, 0.25) is 0 Å². The number of H-pyrrole nitrogens is 1. The molecule has 3 rings (SSSR count). The highest BCUT2D eigenvalue weighted by Crippen LogP contribution is 2.25. The second-order valence-corrected chi connectivity index (χ2v) is 5.82. The van der Waals surface area contributed by atoms with Crippen molar-refractivity contribution < 1.29 is 0 Å². The second kappa shape index (κ2) is 5.30. The van der Waals surface area contributed by atoms with Gasteiger partial charge in [-0.15, -0.1) is 0 Å². The van der Waals surface area contributed by atoms with E-state index >= 15 is 0 Å². The van der Waals surface area contributed by atoms with Crippen LogP contribution in [0, 0.1) is 5.41 Å². The minimum atomic E-state index is -0.507. The molecule has 1 atom stereocenters. The van der Waals surface area contributed by atoms with E-state index in [4.69, 9.17) is 28.6 Å². The molecular weight excluding hydrogens is 325 g/mol. The molecule has 6 nitrogen and oxygen atoms in total. The van der Waals surface area contributed by atoms with Crippen LogP contribution in [0.5, 0.6) is 0 Å². The van der Waals surface area contributed by atoms with Crippen molar-refractivity contribution in [2.45, 2.75) is 13.1 Å². The summed E-state index contributed by atoms with van der Waals surface area (Å²) in [6.45, 7) is 1.90. The Morgan fingerprint density at radius 2 is 1.95 bits per heavy atom. The van der Waals surface area contributed by atoms with Gasteiger partial charge in [-0.3, -0.25) is 10.4 Å². The lowest BCUT2D eigenvalue weighted by Gasteiger charge is -2.22. The zero-order chi connectivity index (χ0) is 16.0. The second-order valence-electron chi connectivity index (χ2n) is 5.00. The number of aromatic nitrogens is 2. The Morgan fingerprint density at radius 3 is 2.59 bits per heavy atom. The summed E-state index contributed by atoms with van der Waals surface area (Å²) in [5.41, 5.74) is 0.151. The molecule has 0 aliphatic carbocycles. The third-order valence-corrected chi connectivity index (χ3v) is 4.17. The number of benzene rings is 1. The molecule has 0 bridgehead atoms. The molecule has 1 aromatic heterocycles. The molecule has 8 heteroatoms. The van der Waals surface area contributed by atoms with Crippen molar-refractivity contribution in [3.05, 3.63) is 54.9 Å². The zero-order valence-corrected chi connectivity index (χ0v) is 13.4. The maximum Gasteiger partial charge on any atom is 0.333 e. The fourth-order valence-electron chi connectivity index (χ4n) is 2.29. The van der Waals surface area contributed by atoms with Gasteiger partial charge in [0.1, 0.15) is 17.1 Å². The number of rotatable bonds is 1. The summed E-state index contributed by atoms with van der Waals surface area (Å²) in [7, 11) is 1.86. The Kier molecular flexibility index (Phi) is 3.58. The fraction of sp³-hybridized carbons (Fsp3) is 0.214. The number of nitrogens with one attached hydrogen (secondary N) is 2. The van der Waals surface area contributed by atoms with E-state index in [9.17, 15) is 4.79 Å². The van der Waals surface area contributed by atoms with Crippen LogP contribution in [0.1, 0.15) is 6.92 Å². The van der Waals surface area contributed by atoms with Gasteiger partial charge in [-0.2, -0.15) is 0 Å². The fourth-order valence-corrected chi connectivity index (χ4v) is 2.85. The van der Waals surface area contributed by atoms with Crippen LogP contribution in [0.2, 0.25) is 10.0 Å². The number of hydrogen-bond acceptors (Lipinski definition) is 4. The van der Waals surface area contributed by atoms with E-state index in [1.165, 1.54) is 0 Å². The Balaban J connectivity index is 2.46. The Hall–Kier alpha value is -2.05. The highest BCUT2D eigenvalue weighted by Gasteiger charge is 2.15. The van der Waals surface area contributed by atoms with E-state index in [1.54, 1.807) is 24.4 Å². The first-order chi connectivity index (χ1) is 10.4. The highest BCUT2D eigenvalue weighted by molar-refractivity contribution is 6.37. The van der Waals surface area contributed by atoms with Crippen molar-refractivity contribution in [2.75, 3.05) is 7.05 Å². The average Bonchev–Trinajstić information content (AvgIpc) is 2.44. The topological polar surface area (TPSA) is 77.2 Å². The minimum Gasteiger partial charge on any atom is -0.358 e. The molecule has 2 N–H and O–H groups in total. The number of aromatic amines is 1. The van der Waals surface area contributed by atoms with Crippen LogP contribution in [0.15, 0.2) is 28.0 Å². The molecule has 2 heterocycles. The van der Waals surface area contributed by atoms with Gasteiger partial charge in [0.05, 0.1) is 21.0 Å². The maximum absolute atomic E-state index is 12.4. The quantitative estimate of drug-likeness (QED) is 0.799. The Morgan fingerprint density at radius 1 is 1.32 bits per heavy atom. The number of nitrogens with zero attached hydrogens (tertiary/aromatic N) is 3. The van der Waals surface area contributed by atoms with Crippen molar-refractivity contribution in [2.24, 2.45) is 4.99 Å². The predicted molar refractivity (Wildman–Crippen MR) is 84.7 cm³/mol. The monoisotopic (exact) mass is 337 g/mol. The van der Waals surface area contributed by atoms with E-state index in [2.05, 4.69) is 9.98 Å². The van der Waals surface area contributed by atoms with Crippen LogP contribution in [0.25, 0.3) is 11.9 Å². The number of halogens is 2. The molecule has 0 radical (unpaired) electrons. The smallest absolute Gasteiger partial charge is 0.333 e. The Bertz CT molecular complexity index is 972. The van der Waals surface area contributed by atoms with Gasteiger partial charge in [0.15, 0.2) is 0 Å². The SMILES string of the molecule is CC1N=c2[nH]c(=O)n(-c3c(Cl)cccc3Cl)c(=N)c2=CN1C. The van der Waals surface area contributed by atoms with E-state index in [0.717, 1.165) is 4.57 Å². The third kappa shape index (κ3) is 2.24. The van der Waals surface area contributed by atoms with E-state index in [1.807, 2.05) is 18.9 Å². The first-order valence-corrected chi connectivity index (χ1v) is 7.31. The molecule has 2 aromatic rings. The van der Waals surface area contributed by atoms with Gasteiger partial charge >= 0.3 is 5.69 Å².